The number of carbonyl (C=O) groups is 1. The van der Waals surface area contributed by atoms with E-state index in [1.165, 1.54) is 24.8 Å². The van der Waals surface area contributed by atoms with Gasteiger partial charge >= 0.3 is 0 Å². The van der Waals surface area contributed by atoms with Crippen molar-refractivity contribution < 1.29 is 13.2 Å². The lowest BCUT2D eigenvalue weighted by Crippen LogP contribution is -2.43. The summed E-state index contributed by atoms with van der Waals surface area (Å²) in [5.74, 6) is 0.884. The number of hydrogen-bond acceptors (Lipinski definition) is 3. The Hall–Kier alpha value is -2.34. The summed E-state index contributed by atoms with van der Waals surface area (Å²) in [5.41, 5.74) is 3.46. The van der Waals surface area contributed by atoms with Crippen LogP contribution in [0.2, 0.25) is 0 Å². The maximum absolute atomic E-state index is 13.1. The summed E-state index contributed by atoms with van der Waals surface area (Å²) in [6, 6.07) is 13.1. The van der Waals surface area contributed by atoms with Gasteiger partial charge in [0.25, 0.3) is 10.0 Å². The third-order valence-electron chi connectivity index (χ3n) is 7.86. The molecular formula is C27H34N2O3S. The second kappa shape index (κ2) is 8.79. The molecule has 2 fully saturated rings. The molecule has 33 heavy (non-hydrogen) atoms. The Labute approximate surface area is 197 Å². The second-order valence-electron chi connectivity index (χ2n) is 10.3. The first kappa shape index (κ1) is 22.5. The molecule has 5 rings (SSSR count). The SMILES string of the molecule is CC1CCC(NC(=O)C2(c3ccc(NS(=O)(=O)c4ccc5c(c4)CCCC5)cc3)CC2)CC1. The minimum absolute atomic E-state index is 0.129. The van der Waals surface area contributed by atoms with E-state index in [1.54, 1.807) is 18.2 Å². The maximum atomic E-state index is 13.1. The normalized spacial score (nSPS) is 23.9. The van der Waals surface area contributed by atoms with E-state index in [0.717, 1.165) is 62.0 Å². The highest BCUT2D eigenvalue weighted by Crippen LogP contribution is 2.49. The molecule has 2 saturated carbocycles. The molecule has 0 saturated heterocycles. The van der Waals surface area contributed by atoms with Crippen LogP contribution in [0, 0.1) is 5.92 Å². The monoisotopic (exact) mass is 466 g/mol. The Morgan fingerprint density at radius 1 is 0.909 bits per heavy atom. The number of benzene rings is 2. The van der Waals surface area contributed by atoms with Gasteiger partial charge in [-0.15, -0.1) is 0 Å². The van der Waals surface area contributed by atoms with Crippen molar-refractivity contribution in [3.63, 3.8) is 0 Å². The summed E-state index contributed by atoms with van der Waals surface area (Å²) < 4.78 is 28.6. The minimum atomic E-state index is -3.65. The van der Waals surface area contributed by atoms with E-state index in [-0.39, 0.29) is 11.9 Å². The van der Waals surface area contributed by atoms with Crippen LogP contribution >= 0.6 is 0 Å². The van der Waals surface area contributed by atoms with Gasteiger partial charge < -0.3 is 5.32 Å². The smallest absolute Gasteiger partial charge is 0.261 e. The number of aryl methyl sites for hydroxylation is 2. The van der Waals surface area contributed by atoms with Gasteiger partial charge in [0.2, 0.25) is 5.91 Å². The summed E-state index contributed by atoms with van der Waals surface area (Å²) in [6.45, 7) is 2.28. The van der Waals surface area contributed by atoms with Gasteiger partial charge in [0.1, 0.15) is 0 Å². The van der Waals surface area contributed by atoms with Crippen molar-refractivity contribution in [2.75, 3.05) is 4.72 Å². The molecule has 5 nitrogen and oxygen atoms in total. The number of carbonyl (C=O) groups excluding carboxylic acids is 1. The van der Waals surface area contributed by atoms with Gasteiger partial charge in [-0.1, -0.05) is 25.1 Å². The number of anilines is 1. The number of nitrogens with one attached hydrogen (secondary N) is 2. The van der Waals surface area contributed by atoms with Crippen molar-refractivity contribution in [3.8, 4) is 0 Å². The van der Waals surface area contributed by atoms with Crippen LogP contribution in [0.3, 0.4) is 0 Å². The lowest BCUT2D eigenvalue weighted by Gasteiger charge is -2.28. The zero-order valence-corrected chi connectivity index (χ0v) is 20.2. The van der Waals surface area contributed by atoms with Gasteiger partial charge in [0.15, 0.2) is 0 Å². The molecule has 1 amide bonds. The lowest BCUT2D eigenvalue weighted by atomic mass is 9.86. The fourth-order valence-electron chi connectivity index (χ4n) is 5.45. The highest BCUT2D eigenvalue weighted by atomic mass is 32.2. The van der Waals surface area contributed by atoms with Crippen molar-refractivity contribution in [2.45, 2.75) is 87.5 Å². The van der Waals surface area contributed by atoms with Crippen LogP contribution in [0.5, 0.6) is 0 Å². The summed E-state index contributed by atoms with van der Waals surface area (Å²) in [6.07, 6.45) is 10.4. The predicted octanol–water partition coefficient (Wildman–Crippen LogP) is 5.09. The zero-order chi connectivity index (χ0) is 23.1. The Kier molecular flexibility index (Phi) is 5.98. The van der Waals surface area contributed by atoms with E-state index in [1.807, 2.05) is 24.3 Å². The Balaban J connectivity index is 1.26. The average Bonchev–Trinajstić information content (AvgIpc) is 3.63. The molecule has 0 bridgehead atoms. The summed E-state index contributed by atoms with van der Waals surface area (Å²) in [4.78, 5) is 13.4. The topological polar surface area (TPSA) is 75.3 Å². The summed E-state index contributed by atoms with van der Waals surface area (Å²) >= 11 is 0. The van der Waals surface area contributed by atoms with Crippen LogP contribution in [0.15, 0.2) is 47.4 Å². The van der Waals surface area contributed by atoms with E-state index in [2.05, 4.69) is 17.0 Å². The summed E-state index contributed by atoms with van der Waals surface area (Å²) in [5, 5.41) is 3.29. The lowest BCUT2D eigenvalue weighted by molar-refractivity contribution is -0.124. The number of fused-ring (bicyclic) bond motifs is 1. The fraction of sp³-hybridized carbons (Fsp3) is 0.519. The van der Waals surface area contributed by atoms with Crippen LogP contribution < -0.4 is 10.0 Å². The van der Waals surface area contributed by atoms with Crippen molar-refractivity contribution in [2.24, 2.45) is 5.92 Å². The molecule has 2 aromatic carbocycles. The molecule has 0 atom stereocenters. The van der Waals surface area contributed by atoms with Gasteiger partial charge in [-0.3, -0.25) is 9.52 Å². The molecule has 0 heterocycles. The average molecular weight is 467 g/mol. The van der Waals surface area contributed by atoms with E-state index in [9.17, 15) is 13.2 Å². The zero-order valence-electron chi connectivity index (χ0n) is 19.4. The van der Waals surface area contributed by atoms with Crippen LogP contribution in [-0.4, -0.2) is 20.4 Å². The Morgan fingerprint density at radius 2 is 1.58 bits per heavy atom. The van der Waals surface area contributed by atoms with Crippen molar-refractivity contribution in [3.05, 3.63) is 59.2 Å². The van der Waals surface area contributed by atoms with Gasteiger partial charge in [-0.2, -0.15) is 0 Å². The van der Waals surface area contributed by atoms with E-state index in [4.69, 9.17) is 0 Å². The minimum Gasteiger partial charge on any atom is -0.353 e. The Morgan fingerprint density at radius 3 is 2.24 bits per heavy atom. The van der Waals surface area contributed by atoms with Gasteiger partial charge in [0.05, 0.1) is 10.3 Å². The maximum Gasteiger partial charge on any atom is 0.261 e. The first-order chi connectivity index (χ1) is 15.9. The van der Waals surface area contributed by atoms with Crippen LogP contribution in [0.25, 0.3) is 0 Å². The summed E-state index contributed by atoms with van der Waals surface area (Å²) in [7, 11) is -3.65. The van der Waals surface area contributed by atoms with Crippen LogP contribution in [-0.2, 0) is 33.1 Å². The molecule has 0 radical (unpaired) electrons. The number of amides is 1. The molecular weight excluding hydrogens is 432 g/mol. The fourth-order valence-corrected chi connectivity index (χ4v) is 6.56. The standard InChI is InChI=1S/C27H34N2O3S/c1-19-6-11-23(12-7-19)28-26(30)27(16-17-27)22-9-13-24(14-10-22)29-33(31,32)25-15-8-20-4-2-3-5-21(20)18-25/h8-10,13-15,18-19,23,29H,2-7,11-12,16-17H2,1H3,(H,28,30). The highest BCUT2D eigenvalue weighted by Gasteiger charge is 2.51. The van der Waals surface area contributed by atoms with Crippen molar-refractivity contribution in [1.82, 2.24) is 5.32 Å². The second-order valence-corrected chi connectivity index (χ2v) is 12.0. The Bertz CT molecular complexity index is 1130. The van der Waals surface area contributed by atoms with Crippen molar-refractivity contribution >= 4 is 21.6 Å². The molecule has 0 unspecified atom stereocenters. The molecule has 0 aromatic heterocycles. The molecule has 2 aromatic rings. The van der Waals surface area contributed by atoms with Crippen LogP contribution in [0.4, 0.5) is 5.69 Å². The number of hydrogen-bond donors (Lipinski definition) is 2. The molecule has 176 valence electrons. The van der Waals surface area contributed by atoms with Crippen LogP contribution in [0.1, 0.15) is 75.0 Å². The predicted molar refractivity (Wildman–Crippen MR) is 131 cm³/mol. The van der Waals surface area contributed by atoms with E-state index >= 15 is 0 Å². The molecule has 0 spiro atoms. The molecule has 2 N–H and O–H groups in total. The number of rotatable bonds is 6. The van der Waals surface area contributed by atoms with Gasteiger partial charge in [-0.25, -0.2) is 8.42 Å². The third-order valence-corrected chi connectivity index (χ3v) is 9.23. The van der Waals surface area contributed by atoms with E-state index in [0.29, 0.717) is 10.6 Å². The molecule has 6 heteroatoms. The van der Waals surface area contributed by atoms with E-state index < -0.39 is 15.4 Å². The largest absolute Gasteiger partial charge is 0.353 e. The highest BCUT2D eigenvalue weighted by molar-refractivity contribution is 7.92. The third kappa shape index (κ3) is 4.68. The van der Waals surface area contributed by atoms with Gasteiger partial charge in [0, 0.05) is 11.7 Å². The molecule has 3 aliphatic carbocycles. The quantitative estimate of drug-likeness (QED) is 0.622. The number of sulfonamides is 1. The van der Waals surface area contributed by atoms with Gasteiger partial charge in [-0.05, 0) is 111 Å². The molecule has 0 aliphatic heterocycles. The first-order valence-corrected chi connectivity index (χ1v) is 13.9. The molecule has 3 aliphatic rings. The first-order valence-electron chi connectivity index (χ1n) is 12.4. The van der Waals surface area contributed by atoms with Crippen molar-refractivity contribution in [1.29, 1.82) is 0 Å².